The number of carbonyl (C=O) groups is 2. The lowest BCUT2D eigenvalue weighted by Crippen LogP contribution is -2.43. The van der Waals surface area contributed by atoms with Crippen molar-refractivity contribution in [3.05, 3.63) is 39.7 Å². The number of nitrogens with two attached hydrogens (primary N) is 1. The SMILES string of the molecule is Cc1cc(/C(C=N)=C/N)c2c3c(n(C)c2c1Cl)CCN(C(=O)CNC(=O)OC(C)(C)C)C3. The van der Waals surface area contributed by atoms with Crippen LogP contribution >= 0.6 is 11.6 Å². The molecule has 0 saturated heterocycles. The molecule has 3 rings (SSSR count). The molecule has 1 aliphatic rings. The smallest absolute Gasteiger partial charge is 0.408 e. The molecular formula is C23H30ClN5O3. The number of aromatic nitrogens is 1. The van der Waals surface area contributed by atoms with Crippen molar-refractivity contribution < 1.29 is 14.3 Å². The quantitative estimate of drug-likeness (QED) is 0.607. The zero-order valence-electron chi connectivity index (χ0n) is 19.1. The van der Waals surface area contributed by atoms with Gasteiger partial charge in [0.2, 0.25) is 5.91 Å². The van der Waals surface area contributed by atoms with E-state index in [1.54, 1.807) is 25.7 Å². The number of allylic oxidation sites excluding steroid dienone is 1. The number of nitrogens with one attached hydrogen (secondary N) is 2. The van der Waals surface area contributed by atoms with Crippen molar-refractivity contribution in [1.82, 2.24) is 14.8 Å². The molecule has 0 bridgehead atoms. The van der Waals surface area contributed by atoms with Crippen molar-refractivity contribution in [1.29, 1.82) is 5.41 Å². The molecule has 9 heteroatoms. The predicted octanol–water partition coefficient (Wildman–Crippen LogP) is 3.50. The molecule has 32 heavy (non-hydrogen) atoms. The number of hydrogen-bond acceptors (Lipinski definition) is 5. The van der Waals surface area contributed by atoms with Crippen LogP contribution in [0.2, 0.25) is 5.02 Å². The van der Waals surface area contributed by atoms with Crippen LogP contribution in [0.3, 0.4) is 0 Å². The fourth-order valence-electron chi connectivity index (χ4n) is 4.11. The number of benzene rings is 1. The number of rotatable bonds is 4. The Balaban J connectivity index is 1.95. The van der Waals surface area contributed by atoms with E-state index in [0.29, 0.717) is 30.1 Å². The van der Waals surface area contributed by atoms with Crippen molar-refractivity contribution in [2.45, 2.75) is 46.3 Å². The van der Waals surface area contributed by atoms with Gasteiger partial charge in [-0.15, -0.1) is 0 Å². The van der Waals surface area contributed by atoms with Gasteiger partial charge in [0.15, 0.2) is 0 Å². The molecule has 0 unspecified atom stereocenters. The van der Waals surface area contributed by atoms with Crippen LogP contribution in [0, 0.1) is 12.3 Å². The number of ether oxygens (including phenoxy) is 1. The summed E-state index contributed by atoms with van der Waals surface area (Å²) in [6.07, 6.45) is 2.66. The topological polar surface area (TPSA) is 113 Å². The van der Waals surface area contributed by atoms with Gasteiger partial charge in [0, 0.05) is 61.2 Å². The normalized spacial score (nSPS) is 14.3. The molecule has 1 aromatic heterocycles. The Morgan fingerprint density at radius 3 is 2.66 bits per heavy atom. The summed E-state index contributed by atoms with van der Waals surface area (Å²) in [7, 11) is 1.97. The molecule has 0 radical (unpaired) electrons. The fraction of sp³-hybridized carbons (Fsp3) is 0.435. The van der Waals surface area contributed by atoms with Crippen molar-refractivity contribution in [3.8, 4) is 0 Å². The number of fused-ring (bicyclic) bond motifs is 3. The van der Waals surface area contributed by atoms with Crippen LogP contribution in [-0.4, -0.2) is 46.4 Å². The van der Waals surface area contributed by atoms with E-state index in [1.807, 2.05) is 20.0 Å². The van der Waals surface area contributed by atoms with Crippen molar-refractivity contribution in [3.63, 3.8) is 0 Å². The van der Waals surface area contributed by atoms with E-state index in [2.05, 4.69) is 9.88 Å². The Morgan fingerprint density at radius 2 is 2.06 bits per heavy atom. The zero-order chi connectivity index (χ0) is 23.8. The van der Waals surface area contributed by atoms with Gasteiger partial charge in [-0.05, 0) is 44.9 Å². The van der Waals surface area contributed by atoms with Gasteiger partial charge in [-0.3, -0.25) is 4.79 Å². The Hall–Kier alpha value is -3.00. The van der Waals surface area contributed by atoms with Gasteiger partial charge in [0.05, 0.1) is 10.5 Å². The van der Waals surface area contributed by atoms with Crippen LogP contribution in [0.25, 0.3) is 16.5 Å². The van der Waals surface area contributed by atoms with Gasteiger partial charge in [-0.1, -0.05) is 11.6 Å². The first kappa shape index (κ1) is 23.7. The molecule has 1 aliphatic heterocycles. The van der Waals surface area contributed by atoms with Crippen LogP contribution in [-0.2, 0) is 29.5 Å². The average Bonchev–Trinajstić information content (AvgIpc) is 3.01. The Bertz CT molecular complexity index is 1130. The molecule has 0 aliphatic carbocycles. The molecule has 0 atom stereocenters. The average molecular weight is 460 g/mol. The van der Waals surface area contributed by atoms with Crippen molar-refractivity contribution in [2.75, 3.05) is 13.1 Å². The molecule has 172 valence electrons. The summed E-state index contributed by atoms with van der Waals surface area (Å²) in [6.45, 7) is 7.99. The molecule has 2 amide bonds. The monoisotopic (exact) mass is 459 g/mol. The molecule has 2 aromatic rings. The van der Waals surface area contributed by atoms with Crippen LogP contribution in [0.15, 0.2) is 12.3 Å². The van der Waals surface area contributed by atoms with E-state index in [-0.39, 0.29) is 12.5 Å². The summed E-state index contributed by atoms with van der Waals surface area (Å²) in [6, 6.07) is 1.93. The summed E-state index contributed by atoms with van der Waals surface area (Å²) in [5.74, 6) is -0.195. The van der Waals surface area contributed by atoms with Crippen LogP contribution < -0.4 is 11.1 Å². The number of hydrogen-bond donors (Lipinski definition) is 3. The second-order valence-electron chi connectivity index (χ2n) is 8.95. The van der Waals surface area contributed by atoms with Gasteiger partial charge in [-0.2, -0.15) is 0 Å². The molecule has 0 fully saturated rings. The highest BCUT2D eigenvalue weighted by Crippen LogP contribution is 2.40. The molecule has 1 aromatic carbocycles. The third-order valence-electron chi connectivity index (χ3n) is 5.56. The summed E-state index contributed by atoms with van der Waals surface area (Å²) < 4.78 is 7.28. The van der Waals surface area contributed by atoms with Gasteiger partial charge in [0.25, 0.3) is 0 Å². The predicted molar refractivity (Wildman–Crippen MR) is 127 cm³/mol. The fourth-order valence-corrected chi connectivity index (χ4v) is 4.38. The Morgan fingerprint density at radius 1 is 1.38 bits per heavy atom. The molecule has 8 nitrogen and oxygen atoms in total. The first-order valence-electron chi connectivity index (χ1n) is 10.4. The van der Waals surface area contributed by atoms with E-state index in [1.165, 1.54) is 12.4 Å². The van der Waals surface area contributed by atoms with Crippen molar-refractivity contribution >= 4 is 46.3 Å². The minimum Gasteiger partial charge on any atom is -0.444 e. The Labute approximate surface area is 192 Å². The van der Waals surface area contributed by atoms with Gasteiger partial charge < -0.3 is 30.7 Å². The lowest BCUT2D eigenvalue weighted by atomic mass is 9.95. The standard InChI is InChI=1S/C23H30ClN5O3/c1-13-8-15(14(9-25)10-26)19-16-12-29(7-6-17(16)28(5)21(19)20(13)24)18(30)11-27-22(31)32-23(2,3)4/h8-10,25H,6-7,11-12,26H2,1-5H3,(H,27,31)/b14-10+,25-9?. The van der Waals surface area contributed by atoms with Crippen LogP contribution in [0.5, 0.6) is 0 Å². The maximum Gasteiger partial charge on any atom is 0.408 e. The number of nitrogens with zero attached hydrogens (tertiary/aromatic N) is 2. The minimum absolute atomic E-state index is 0.143. The minimum atomic E-state index is -0.632. The molecule has 0 saturated carbocycles. The highest BCUT2D eigenvalue weighted by molar-refractivity contribution is 6.37. The lowest BCUT2D eigenvalue weighted by molar-refractivity contribution is -0.131. The first-order chi connectivity index (χ1) is 15.0. The van der Waals surface area contributed by atoms with Crippen LogP contribution in [0.1, 0.15) is 43.2 Å². The summed E-state index contributed by atoms with van der Waals surface area (Å²) in [5.41, 5.74) is 10.4. The summed E-state index contributed by atoms with van der Waals surface area (Å²) >= 11 is 6.68. The highest BCUT2D eigenvalue weighted by atomic mass is 35.5. The lowest BCUT2D eigenvalue weighted by Gasteiger charge is -2.28. The first-order valence-corrected chi connectivity index (χ1v) is 10.8. The number of alkyl carbamates (subject to hydrolysis) is 1. The second-order valence-corrected chi connectivity index (χ2v) is 9.33. The van der Waals surface area contributed by atoms with E-state index in [9.17, 15) is 9.59 Å². The maximum atomic E-state index is 12.8. The Kier molecular flexibility index (Phi) is 6.55. The molecule has 2 heterocycles. The molecule has 4 N–H and O–H groups in total. The number of carbonyl (C=O) groups excluding carboxylic acids is 2. The van der Waals surface area contributed by atoms with E-state index >= 15 is 0 Å². The van der Waals surface area contributed by atoms with Gasteiger partial charge in [0.1, 0.15) is 12.1 Å². The zero-order valence-corrected chi connectivity index (χ0v) is 19.9. The van der Waals surface area contributed by atoms with Crippen molar-refractivity contribution in [2.24, 2.45) is 12.8 Å². The van der Waals surface area contributed by atoms with E-state index < -0.39 is 11.7 Å². The molecular weight excluding hydrogens is 430 g/mol. The summed E-state index contributed by atoms with van der Waals surface area (Å²) in [4.78, 5) is 26.5. The number of halogens is 1. The van der Waals surface area contributed by atoms with E-state index in [4.69, 9.17) is 27.5 Å². The van der Waals surface area contributed by atoms with E-state index in [0.717, 1.165) is 33.3 Å². The number of aryl methyl sites for hydroxylation is 2. The highest BCUT2D eigenvalue weighted by Gasteiger charge is 2.29. The number of amides is 2. The molecule has 0 spiro atoms. The van der Waals surface area contributed by atoms with Gasteiger partial charge in [-0.25, -0.2) is 4.79 Å². The maximum absolute atomic E-state index is 12.8. The third kappa shape index (κ3) is 4.46. The van der Waals surface area contributed by atoms with Gasteiger partial charge >= 0.3 is 6.09 Å². The second kappa shape index (κ2) is 8.86. The van der Waals surface area contributed by atoms with Crippen LogP contribution in [0.4, 0.5) is 4.79 Å². The third-order valence-corrected chi connectivity index (χ3v) is 6.04. The largest absolute Gasteiger partial charge is 0.444 e. The summed E-state index contributed by atoms with van der Waals surface area (Å²) in [5, 5.41) is 11.9.